The predicted molar refractivity (Wildman–Crippen MR) is 88.1 cm³/mol. The van der Waals surface area contributed by atoms with Gasteiger partial charge in [-0.25, -0.2) is 4.39 Å². The number of hydrogen-bond donors (Lipinski definition) is 2. The number of aromatic nitrogens is 2. The Morgan fingerprint density at radius 2 is 1.91 bits per heavy atom. The van der Waals surface area contributed by atoms with Crippen LogP contribution in [0, 0.1) is 12.7 Å². The van der Waals surface area contributed by atoms with E-state index >= 15 is 0 Å². The van der Waals surface area contributed by atoms with Crippen LogP contribution in [0.4, 0.5) is 10.1 Å². The van der Waals surface area contributed by atoms with Crippen molar-refractivity contribution in [1.29, 1.82) is 0 Å². The van der Waals surface area contributed by atoms with Crippen molar-refractivity contribution in [3.8, 4) is 11.3 Å². The number of halogens is 2. The zero-order valence-corrected chi connectivity index (χ0v) is 13.0. The summed E-state index contributed by atoms with van der Waals surface area (Å²) < 4.78 is 12.9. The average molecular weight is 330 g/mol. The van der Waals surface area contributed by atoms with Crippen molar-refractivity contribution in [3.05, 3.63) is 70.6 Å². The summed E-state index contributed by atoms with van der Waals surface area (Å²) in [5.74, 6) is -0.644. The molecule has 0 radical (unpaired) electrons. The fraction of sp³-hybridized carbons (Fsp3) is 0.0588. The summed E-state index contributed by atoms with van der Waals surface area (Å²) in [6, 6.07) is 12.8. The fourth-order valence-corrected chi connectivity index (χ4v) is 2.30. The SMILES string of the molecule is Cc1ccc(Cl)cc1NC(=O)c1cc(-c2ccc(F)cc2)n[nH]1. The number of rotatable bonds is 3. The third kappa shape index (κ3) is 3.40. The predicted octanol–water partition coefficient (Wildman–Crippen LogP) is 4.43. The summed E-state index contributed by atoms with van der Waals surface area (Å²) in [5.41, 5.74) is 3.14. The minimum atomic E-state index is -0.323. The summed E-state index contributed by atoms with van der Waals surface area (Å²) in [6.45, 7) is 1.88. The highest BCUT2D eigenvalue weighted by Gasteiger charge is 2.12. The van der Waals surface area contributed by atoms with E-state index in [1.54, 1.807) is 30.3 Å². The Morgan fingerprint density at radius 1 is 1.17 bits per heavy atom. The van der Waals surface area contributed by atoms with Crippen molar-refractivity contribution >= 4 is 23.2 Å². The van der Waals surface area contributed by atoms with Crippen LogP contribution >= 0.6 is 11.6 Å². The molecule has 0 aliphatic heterocycles. The fourth-order valence-electron chi connectivity index (χ4n) is 2.13. The van der Waals surface area contributed by atoms with E-state index in [1.165, 1.54) is 12.1 Å². The van der Waals surface area contributed by atoms with Gasteiger partial charge in [0.15, 0.2) is 0 Å². The first-order valence-corrected chi connectivity index (χ1v) is 7.29. The van der Waals surface area contributed by atoms with Crippen molar-refractivity contribution in [2.45, 2.75) is 6.92 Å². The topological polar surface area (TPSA) is 57.8 Å². The van der Waals surface area contributed by atoms with Gasteiger partial charge in [0.05, 0.1) is 5.69 Å². The lowest BCUT2D eigenvalue weighted by atomic mass is 10.1. The number of amides is 1. The monoisotopic (exact) mass is 329 g/mol. The lowest BCUT2D eigenvalue weighted by Gasteiger charge is -2.07. The molecular weight excluding hydrogens is 317 g/mol. The van der Waals surface area contributed by atoms with E-state index in [1.807, 2.05) is 13.0 Å². The molecule has 23 heavy (non-hydrogen) atoms. The quantitative estimate of drug-likeness (QED) is 0.746. The summed E-state index contributed by atoms with van der Waals surface area (Å²) >= 11 is 5.94. The maximum absolute atomic E-state index is 12.9. The van der Waals surface area contributed by atoms with Crippen molar-refractivity contribution in [3.63, 3.8) is 0 Å². The minimum absolute atomic E-state index is 0.309. The van der Waals surface area contributed by atoms with E-state index in [0.717, 1.165) is 11.1 Å². The van der Waals surface area contributed by atoms with Crippen LogP contribution in [0.2, 0.25) is 5.02 Å². The normalized spacial score (nSPS) is 10.6. The lowest BCUT2D eigenvalue weighted by molar-refractivity contribution is 0.102. The molecule has 2 aromatic carbocycles. The molecule has 0 unspecified atom stereocenters. The molecule has 2 N–H and O–H groups in total. The number of carbonyl (C=O) groups excluding carboxylic acids is 1. The van der Waals surface area contributed by atoms with E-state index in [-0.39, 0.29) is 11.7 Å². The summed E-state index contributed by atoms with van der Waals surface area (Å²) in [5, 5.41) is 10.1. The maximum Gasteiger partial charge on any atom is 0.273 e. The number of aryl methyl sites for hydroxylation is 1. The molecular formula is C17H13ClFN3O. The van der Waals surface area contributed by atoms with Crippen molar-refractivity contribution < 1.29 is 9.18 Å². The first kappa shape index (κ1) is 15.2. The van der Waals surface area contributed by atoms with Gasteiger partial charge in [0, 0.05) is 16.3 Å². The smallest absolute Gasteiger partial charge is 0.273 e. The number of carbonyl (C=O) groups is 1. The van der Waals surface area contributed by atoms with Crippen molar-refractivity contribution in [2.75, 3.05) is 5.32 Å². The average Bonchev–Trinajstić information content (AvgIpc) is 3.02. The van der Waals surface area contributed by atoms with Crippen LogP contribution in [0.3, 0.4) is 0 Å². The van der Waals surface area contributed by atoms with Crippen LogP contribution in [0.15, 0.2) is 48.5 Å². The van der Waals surface area contributed by atoms with Gasteiger partial charge >= 0.3 is 0 Å². The number of nitrogens with zero attached hydrogens (tertiary/aromatic N) is 1. The Labute approximate surface area is 137 Å². The van der Waals surface area contributed by atoms with Crippen LogP contribution in [0.1, 0.15) is 16.1 Å². The zero-order chi connectivity index (χ0) is 16.4. The molecule has 0 fully saturated rings. The highest BCUT2D eigenvalue weighted by molar-refractivity contribution is 6.31. The minimum Gasteiger partial charge on any atom is -0.320 e. The van der Waals surface area contributed by atoms with Crippen LogP contribution in [0.5, 0.6) is 0 Å². The van der Waals surface area contributed by atoms with E-state index < -0.39 is 0 Å². The number of H-pyrrole nitrogens is 1. The van der Waals surface area contributed by atoms with Gasteiger partial charge in [-0.2, -0.15) is 5.10 Å². The molecule has 4 nitrogen and oxygen atoms in total. The van der Waals surface area contributed by atoms with Gasteiger partial charge in [-0.15, -0.1) is 0 Å². The standard InChI is InChI=1S/C17H13ClFN3O/c1-10-2-5-12(18)8-14(10)20-17(23)16-9-15(21-22-16)11-3-6-13(19)7-4-11/h2-9H,1H3,(H,20,23)(H,21,22). The molecule has 1 heterocycles. The summed E-state index contributed by atoms with van der Waals surface area (Å²) in [6.07, 6.45) is 0. The largest absolute Gasteiger partial charge is 0.320 e. The van der Waals surface area contributed by atoms with Gasteiger partial charge in [-0.05, 0) is 55.0 Å². The summed E-state index contributed by atoms with van der Waals surface area (Å²) in [7, 11) is 0. The van der Waals surface area contributed by atoms with Crippen LogP contribution < -0.4 is 5.32 Å². The van der Waals surface area contributed by atoms with Crippen molar-refractivity contribution in [1.82, 2.24) is 10.2 Å². The van der Waals surface area contributed by atoms with Gasteiger partial charge in [0.2, 0.25) is 0 Å². The molecule has 0 atom stereocenters. The zero-order valence-electron chi connectivity index (χ0n) is 12.2. The molecule has 3 aromatic rings. The van der Waals surface area contributed by atoms with Gasteiger partial charge in [0.25, 0.3) is 5.91 Å². The van der Waals surface area contributed by atoms with Crippen molar-refractivity contribution in [2.24, 2.45) is 0 Å². The van der Waals surface area contributed by atoms with Gasteiger partial charge in [0.1, 0.15) is 11.5 Å². The van der Waals surface area contributed by atoms with E-state index in [9.17, 15) is 9.18 Å². The maximum atomic E-state index is 12.9. The molecule has 3 rings (SSSR count). The van der Waals surface area contributed by atoms with Crippen LogP contribution in [-0.4, -0.2) is 16.1 Å². The van der Waals surface area contributed by atoms with Gasteiger partial charge < -0.3 is 5.32 Å². The van der Waals surface area contributed by atoms with E-state index in [4.69, 9.17) is 11.6 Å². The molecule has 0 aliphatic carbocycles. The molecule has 1 aromatic heterocycles. The second kappa shape index (κ2) is 6.22. The van der Waals surface area contributed by atoms with Crippen LogP contribution in [-0.2, 0) is 0 Å². The van der Waals surface area contributed by atoms with E-state index in [0.29, 0.717) is 22.1 Å². The molecule has 1 amide bonds. The Hall–Kier alpha value is -2.66. The molecule has 0 aliphatic rings. The third-order valence-corrected chi connectivity index (χ3v) is 3.65. The Balaban J connectivity index is 1.81. The number of nitrogens with one attached hydrogen (secondary N) is 2. The lowest BCUT2D eigenvalue weighted by Crippen LogP contribution is -2.13. The number of benzene rings is 2. The second-order valence-electron chi connectivity index (χ2n) is 5.09. The Morgan fingerprint density at radius 3 is 2.65 bits per heavy atom. The Bertz CT molecular complexity index is 859. The third-order valence-electron chi connectivity index (χ3n) is 3.41. The molecule has 6 heteroatoms. The highest BCUT2D eigenvalue weighted by Crippen LogP contribution is 2.22. The molecule has 0 saturated carbocycles. The Kier molecular flexibility index (Phi) is 4.12. The van der Waals surface area contributed by atoms with E-state index in [2.05, 4.69) is 15.5 Å². The highest BCUT2D eigenvalue weighted by atomic mass is 35.5. The van der Waals surface area contributed by atoms with Crippen LogP contribution in [0.25, 0.3) is 11.3 Å². The number of hydrogen-bond acceptors (Lipinski definition) is 2. The molecule has 0 bridgehead atoms. The summed E-state index contributed by atoms with van der Waals surface area (Å²) in [4.78, 5) is 12.3. The molecule has 0 spiro atoms. The number of aromatic amines is 1. The second-order valence-corrected chi connectivity index (χ2v) is 5.52. The molecule has 116 valence electrons. The van der Waals surface area contributed by atoms with Gasteiger partial charge in [-0.1, -0.05) is 17.7 Å². The van der Waals surface area contributed by atoms with Gasteiger partial charge in [-0.3, -0.25) is 9.89 Å². The number of anilines is 1. The first-order chi connectivity index (χ1) is 11.0. The first-order valence-electron chi connectivity index (χ1n) is 6.92. The molecule has 0 saturated heterocycles.